The predicted octanol–water partition coefficient (Wildman–Crippen LogP) is 3.48. The van der Waals surface area contributed by atoms with E-state index in [1.807, 2.05) is 5.38 Å². The van der Waals surface area contributed by atoms with E-state index >= 15 is 0 Å². The maximum atomic E-state index is 12.3. The van der Waals surface area contributed by atoms with Crippen molar-refractivity contribution in [2.45, 2.75) is 6.92 Å². The molecule has 3 aromatic rings. The van der Waals surface area contributed by atoms with Crippen LogP contribution in [0.2, 0.25) is 5.28 Å². The fourth-order valence-electron chi connectivity index (χ4n) is 1.66. The van der Waals surface area contributed by atoms with Crippen molar-refractivity contribution in [1.82, 2.24) is 9.97 Å². The summed E-state index contributed by atoms with van der Waals surface area (Å²) >= 11 is 7.22. The lowest BCUT2D eigenvalue weighted by Crippen LogP contribution is -2.04. The van der Waals surface area contributed by atoms with E-state index in [4.69, 9.17) is 16.0 Å². The van der Waals surface area contributed by atoms with Crippen molar-refractivity contribution < 1.29 is 9.21 Å². The van der Waals surface area contributed by atoms with Gasteiger partial charge in [-0.3, -0.25) is 4.79 Å². The van der Waals surface area contributed by atoms with Gasteiger partial charge in [0.1, 0.15) is 11.5 Å². The molecule has 0 unspecified atom stereocenters. The highest BCUT2D eigenvalue weighted by Crippen LogP contribution is 2.25. The Morgan fingerprint density at radius 3 is 2.89 bits per heavy atom. The third-order valence-electron chi connectivity index (χ3n) is 2.46. The van der Waals surface area contributed by atoms with E-state index in [9.17, 15) is 4.79 Å². The number of aryl methyl sites for hydroxylation is 1. The quantitative estimate of drug-likeness (QED) is 0.532. The van der Waals surface area contributed by atoms with Crippen LogP contribution in [0.1, 0.15) is 22.0 Å². The number of fused-ring (bicyclic) bond motifs is 1. The van der Waals surface area contributed by atoms with Crippen LogP contribution in [0.15, 0.2) is 28.0 Å². The third kappa shape index (κ3) is 1.81. The number of ketones is 1. The van der Waals surface area contributed by atoms with Gasteiger partial charge in [-0.1, -0.05) is 0 Å². The summed E-state index contributed by atoms with van der Waals surface area (Å²) in [7, 11) is 0. The first-order valence-electron chi connectivity index (χ1n) is 5.17. The molecule has 0 amide bonds. The summed E-state index contributed by atoms with van der Waals surface area (Å²) in [6, 6.07) is 5.17. The molecule has 3 rings (SSSR count). The molecule has 0 bridgehead atoms. The molecule has 18 heavy (non-hydrogen) atoms. The Hall–Kier alpha value is -1.72. The topological polar surface area (TPSA) is 56.0 Å². The molecule has 0 spiro atoms. The van der Waals surface area contributed by atoms with Gasteiger partial charge >= 0.3 is 0 Å². The van der Waals surface area contributed by atoms with Gasteiger partial charge in [-0.15, -0.1) is 11.3 Å². The monoisotopic (exact) mass is 278 g/mol. The van der Waals surface area contributed by atoms with Gasteiger partial charge in [-0.05, 0) is 42.1 Å². The Balaban J connectivity index is 2.19. The van der Waals surface area contributed by atoms with Crippen molar-refractivity contribution in [1.29, 1.82) is 0 Å². The molecule has 3 heterocycles. The maximum Gasteiger partial charge on any atom is 0.248 e. The standard InChI is InChI=1S/C12H7ClN2O2S/c1-6-2-3-8(17-6)10(16)9-11-7(4-5-18-11)14-12(13)15-9/h2-5H,1H3. The first-order valence-corrected chi connectivity index (χ1v) is 6.43. The zero-order valence-electron chi connectivity index (χ0n) is 9.31. The van der Waals surface area contributed by atoms with E-state index in [0.29, 0.717) is 11.3 Å². The summed E-state index contributed by atoms with van der Waals surface area (Å²) < 4.78 is 6.04. The van der Waals surface area contributed by atoms with Gasteiger partial charge in [-0.25, -0.2) is 9.97 Å². The van der Waals surface area contributed by atoms with Crippen LogP contribution in [0.4, 0.5) is 0 Å². The van der Waals surface area contributed by atoms with Crippen molar-refractivity contribution in [2.24, 2.45) is 0 Å². The third-order valence-corrected chi connectivity index (χ3v) is 3.53. The summed E-state index contributed by atoms with van der Waals surface area (Å²) in [6.45, 7) is 1.78. The number of nitrogens with zero attached hydrogens (tertiary/aromatic N) is 2. The molecular weight excluding hydrogens is 272 g/mol. The van der Waals surface area contributed by atoms with Crippen LogP contribution in [0, 0.1) is 6.92 Å². The van der Waals surface area contributed by atoms with E-state index in [1.165, 1.54) is 11.3 Å². The summed E-state index contributed by atoms with van der Waals surface area (Å²) in [6.07, 6.45) is 0. The summed E-state index contributed by atoms with van der Waals surface area (Å²) in [5.74, 6) is 0.665. The smallest absolute Gasteiger partial charge is 0.248 e. The largest absolute Gasteiger partial charge is 0.458 e. The summed E-state index contributed by atoms with van der Waals surface area (Å²) in [5.41, 5.74) is 0.959. The minimum absolute atomic E-state index is 0.0625. The van der Waals surface area contributed by atoms with Gasteiger partial charge < -0.3 is 4.42 Å². The lowest BCUT2D eigenvalue weighted by molar-refractivity contribution is 0.100. The van der Waals surface area contributed by atoms with Crippen LogP contribution in [-0.2, 0) is 0 Å². The molecule has 0 radical (unpaired) electrons. The second-order valence-electron chi connectivity index (χ2n) is 3.72. The van der Waals surface area contributed by atoms with E-state index in [2.05, 4.69) is 9.97 Å². The molecule has 6 heteroatoms. The number of hydrogen-bond acceptors (Lipinski definition) is 5. The second-order valence-corrected chi connectivity index (χ2v) is 4.97. The van der Waals surface area contributed by atoms with Crippen LogP contribution in [0.3, 0.4) is 0 Å². The molecule has 0 aliphatic heterocycles. The van der Waals surface area contributed by atoms with Crippen LogP contribution in [0.25, 0.3) is 10.2 Å². The molecule has 0 saturated carbocycles. The highest BCUT2D eigenvalue weighted by atomic mass is 35.5. The Morgan fingerprint density at radius 1 is 1.33 bits per heavy atom. The molecule has 3 aromatic heterocycles. The van der Waals surface area contributed by atoms with Crippen molar-refractivity contribution in [3.05, 3.63) is 46.1 Å². The van der Waals surface area contributed by atoms with Crippen LogP contribution >= 0.6 is 22.9 Å². The number of halogens is 1. The fourth-order valence-corrected chi connectivity index (χ4v) is 2.66. The number of rotatable bonds is 2. The lowest BCUT2D eigenvalue weighted by atomic mass is 10.2. The van der Waals surface area contributed by atoms with Crippen molar-refractivity contribution in [3.63, 3.8) is 0 Å². The molecule has 0 aliphatic rings. The Bertz CT molecular complexity index is 747. The van der Waals surface area contributed by atoms with E-state index < -0.39 is 0 Å². The number of aromatic nitrogens is 2. The van der Waals surface area contributed by atoms with Gasteiger partial charge in [0.25, 0.3) is 0 Å². The lowest BCUT2D eigenvalue weighted by Gasteiger charge is -1.99. The normalized spacial score (nSPS) is 11.0. The molecule has 0 N–H and O–H groups in total. The van der Waals surface area contributed by atoms with Crippen molar-refractivity contribution in [2.75, 3.05) is 0 Å². The first kappa shape index (κ1) is 11.4. The molecule has 4 nitrogen and oxygen atoms in total. The van der Waals surface area contributed by atoms with Gasteiger partial charge in [0, 0.05) is 0 Å². The minimum atomic E-state index is -0.278. The predicted molar refractivity (Wildman–Crippen MR) is 69.3 cm³/mol. The van der Waals surface area contributed by atoms with Crippen molar-refractivity contribution in [3.8, 4) is 0 Å². The zero-order valence-corrected chi connectivity index (χ0v) is 10.9. The average molecular weight is 279 g/mol. The van der Waals surface area contributed by atoms with Gasteiger partial charge in [0.05, 0.1) is 10.2 Å². The zero-order chi connectivity index (χ0) is 12.7. The van der Waals surface area contributed by atoms with E-state index in [-0.39, 0.29) is 22.5 Å². The Labute approximate surface area is 111 Å². The molecule has 0 aliphatic carbocycles. The number of carbonyl (C=O) groups excluding carboxylic acids is 1. The van der Waals surface area contributed by atoms with Gasteiger partial charge in [-0.2, -0.15) is 0 Å². The summed E-state index contributed by atoms with van der Waals surface area (Å²) in [4.78, 5) is 20.4. The molecule has 0 saturated heterocycles. The van der Waals surface area contributed by atoms with Gasteiger partial charge in [0.2, 0.25) is 11.1 Å². The highest BCUT2D eigenvalue weighted by Gasteiger charge is 2.19. The van der Waals surface area contributed by atoms with Crippen molar-refractivity contribution >= 4 is 38.9 Å². The SMILES string of the molecule is Cc1ccc(C(=O)c2nc(Cl)nc3ccsc23)o1. The fraction of sp³-hybridized carbons (Fsp3) is 0.0833. The molecule has 90 valence electrons. The average Bonchev–Trinajstić information content (AvgIpc) is 2.95. The van der Waals surface area contributed by atoms with Crippen LogP contribution < -0.4 is 0 Å². The number of furan rings is 1. The second kappa shape index (κ2) is 4.19. The number of hydrogen-bond donors (Lipinski definition) is 0. The van der Waals surface area contributed by atoms with E-state index in [0.717, 1.165) is 4.70 Å². The molecule has 0 atom stereocenters. The number of carbonyl (C=O) groups is 1. The Kier molecular flexibility index (Phi) is 2.65. The van der Waals surface area contributed by atoms with Crippen LogP contribution in [0.5, 0.6) is 0 Å². The molecule has 0 fully saturated rings. The van der Waals surface area contributed by atoms with E-state index in [1.54, 1.807) is 25.1 Å². The maximum absolute atomic E-state index is 12.3. The Morgan fingerprint density at radius 2 is 2.17 bits per heavy atom. The molecular formula is C12H7ClN2O2S. The van der Waals surface area contributed by atoms with Crippen LogP contribution in [-0.4, -0.2) is 15.8 Å². The highest BCUT2D eigenvalue weighted by molar-refractivity contribution is 7.17. The number of thiophene rings is 1. The molecule has 0 aromatic carbocycles. The van der Waals surface area contributed by atoms with Gasteiger partial charge in [0.15, 0.2) is 5.76 Å². The summed E-state index contributed by atoms with van der Waals surface area (Å²) in [5, 5.41) is 1.91. The first-order chi connectivity index (χ1) is 8.65. The minimum Gasteiger partial charge on any atom is -0.458 e.